The van der Waals surface area contributed by atoms with Crippen LogP contribution >= 0.6 is 22.9 Å². The van der Waals surface area contributed by atoms with Gasteiger partial charge in [-0.2, -0.15) is 0 Å². The van der Waals surface area contributed by atoms with Crippen LogP contribution in [-0.4, -0.2) is 13.4 Å². The predicted molar refractivity (Wildman–Crippen MR) is 120 cm³/mol. The van der Waals surface area contributed by atoms with Crippen LogP contribution in [0.2, 0.25) is 5.02 Å². The molecule has 0 saturated heterocycles. The summed E-state index contributed by atoms with van der Waals surface area (Å²) in [4.78, 5) is 4.86. The van der Waals surface area contributed by atoms with E-state index >= 15 is 0 Å². The minimum atomic E-state index is -3.76. The van der Waals surface area contributed by atoms with Gasteiger partial charge in [0.2, 0.25) is 0 Å². The van der Waals surface area contributed by atoms with Crippen molar-refractivity contribution in [2.75, 3.05) is 4.72 Å². The fourth-order valence-corrected chi connectivity index (χ4v) is 5.33. The summed E-state index contributed by atoms with van der Waals surface area (Å²) >= 11 is 7.54. The van der Waals surface area contributed by atoms with Crippen LogP contribution in [0.5, 0.6) is 0 Å². The topological polar surface area (TPSA) is 59.1 Å². The Hall–Kier alpha value is -2.67. The van der Waals surface area contributed by atoms with E-state index in [0.717, 1.165) is 21.8 Å². The molecular weight excluding hydrogens is 424 g/mol. The molecule has 0 fully saturated rings. The predicted octanol–water partition coefficient (Wildman–Crippen LogP) is 6.24. The van der Waals surface area contributed by atoms with Gasteiger partial charge in [-0.1, -0.05) is 60.1 Å². The number of nitrogens with zero attached hydrogens (tertiary/aromatic N) is 1. The average Bonchev–Trinajstić information content (AvgIpc) is 3.21. The summed E-state index contributed by atoms with van der Waals surface area (Å²) in [7, 11) is -3.76. The van der Waals surface area contributed by atoms with Crippen molar-refractivity contribution in [2.24, 2.45) is 0 Å². The highest BCUT2D eigenvalue weighted by Gasteiger charge is 2.18. The van der Waals surface area contributed by atoms with Crippen LogP contribution < -0.4 is 4.72 Å². The first-order valence-electron chi connectivity index (χ1n) is 8.83. The maximum Gasteiger partial charge on any atom is 0.262 e. The van der Waals surface area contributed by atoms with Crippen molar-refractivity contribution >= 4 is 38.6 Å². The number of sulfonamides is 1. The lowest BCUT2D eigenvalue weighted by molar-refractivity contribution is 0.600. The van der Waals surface area contributed by atoms with E-state index in [1.807, 2.05) is 41.8 Å². The van der Waals surface area contributed by atoms with E-state index in [1.54, 1.807) is 48.6 Å². The van der Waals surface area contributed by atoms with Gasteiger partial charge in [-0.15, -0.1) is 11.3 Å². The van der Waals surface area contributed by atoms with Crippen LogP contribution in [0.4, 0.5) is 5.69 Å². The molecule has 0 spiro atoms. The number of aromatic nitrogens is 1. The zero-order chi connectivity index (χ0) is 20.4. The third-order valence-corrected chi connectivity index (χ3v) is 7.02. The van der Waals surface area contributed by atoms with Gasteiger partial charge >= 0.3 is 0 Å². The fraction of sp³-hybridized carbons (Fsp3) is 0.0455. The molecule has 4 rings (SSSR count). The summed E-state index contributed by atoms with van der Waals surface area (Å²) in [6.07, 6.45) is 0. The van der Waals surface area contributed by atoms with Crippen LogP contribution in [0.15, 0.2) is 83.1 Å². The lowest BCUT2D eigenvalue weighted by Gasteiger charge is -2.11. The molecule has 1 N–H and O–H groups in total. The number of anilines is 1. The number of aryl methyl sites for hydroxylation is 1. The number of hydrogen-bond donors (Lipinski definition) is 1. The summed E-state index contributed by atoms with van der Waals surface area (Å²) < 4.78 is 28.3. The minimum absolute atomic E-state index is 0.162. The number of hydrogen-bond acceptors (Lipinski definition) is 4. The molecule has 0 saturated carbocycles. The molecule has 0 unspecified atom stereocenters. The van der Waals surface area contributed by atoms with Crippen molar-refractivity contribution in [3.63, 3.8) is 0 Å². The molecule has 4 nitrogen and oxygen atoms in total. The Morgan fingerprint density at radius 2 is 1.69 bits per heavy atom. The third kappa shape index (κ3) is 4.34. The van der Waals surface area contributed by atoms with Crippen molar-refractivity contribution < 1.29 is 8.42 Å². The second kappa shape index (κ2) is 7.99. The Bertz CT molecular complexity index is 1270. The molecule has 0 bridgehead atoms. The van der Waals surface area contributed by atoms with Gasteiger partial charge in [-0.05, 0) is 36.8 Å². The Morgan fingerprint density at radius 3 is 2.48 bits per heavy atom. The van der Waals surface area contributed by atoms with E-state index < -0.39 is 10.0 Å². The van der Waals surface area contributed by atoms with E-state index in [2.05, 4.69) is 4.72 Å². The Kier molecular flexibility index (Phi) is 5.41. The van der Waals surface area contributed by atoms with E-state index in [0.29, 0.717) is 16.3 Å². The molecule has 146 valence electrons. The van der Waals surface area contributed by atoms with Gasteiger partial charge in [0, 0.05) is 27.2 Å². The summed E-state index contributed by atoms with van der Waals surface area (Å²) in [5.74, 6) is 0. The van der Waals surface area contributed by atoms with Gasteiger partial charge in [-0.25, -0.2) is 13.4 Å². The number of halogens is 1. The molecule has 7 heteroatoms. The van der Waals surface area contributed by atoms with Gasteiger partial charge in [0.15, 0.2) is 0 Å². The van der Waals surface area contributed by atoms with Crippen LogP contribution in [-0.2, 0) is 10.0 Å². The molecular formula is C22H17ClN2O2S2. The number of benzene rings is 3. The molecule has 3 aromatic carbocycles. The second-order valence-electron chi connectivity index (χ2n) is 6.50. The van der Waals surface area contributed by atoms with Gasteiger partial charge in [-0.3, -0.25) is 4.72 Å². The number of rotatable bonds is 5. The highest BCUT2D eigenvalue weighted by molar-refractivity contribution is 7.92. The molecule has 0 amide bonds. The highest BCUT2D eigenvalue weighted by atomic mass is 35.5. The first-order chi connectivity index (χ1) is 13.9. The zero-order valence-electron chi connectivity index (χ0n) is 15.5. The Balaban J connectivity index is 1.63. The monoisotopic (exact) mass is 440 g/mol. The van der Waals surface area contributed by atoms with Gasteiger partial charge in [0.25, 0.3) is 10.0 Å². The molecule has 0 radical (unpaired) electrons. The third-order valence-electron chi connectivity index (χ3n) is 4.38. The SMILES string of the molecule is Cc1ccc(Cl)cc1S(=O)(=O)Nc1cccc(-c2csc(-c3ccccc3)n2)c1. The summed E-state index contributed by atoms with van der Waals surface area (Å²) in [6, 6.07) is 22.0. The number of thiazole rings is 1. The molecule has 0 atom stereocenters. The molecule has 0 aliphatic carbocycles. The first kappa shape index (κ1) is 19.6. The van der Waals surface area contributed by atoms with Crippen LogP contribution in [0, 0.1) is 6.92 Å². The van der Waals surface area contributed by atoms with Crippen molar-refractivity contribution in [1.29, 1.82) is 0 Å². The van der Waals surface area contributed by atoms with Crippen LogP contribution in [0.25, 0.3) is 21.8 Å². The van der Waals surface area contributed by atoms with Crippen molar-refractivity contribution in [3.05, 3.63) is 88.8 Å². The van der Waals surface area contributed by atoms with Gasteiger partial charge < -0.3 is 0 Å². The fourth-order valence-electron chi connectivity index (χ4n) is 2.94. The van der Waals surface area contributed by atoms with Gasteiger partial charge in [0.1, 0.15) is 5.01 Å². The molecule has 4 aromatic rings. The highest BCUT2D eigenvalue weighted by Crippen LogP contribution is 2.30. The van der Waals surface area contributed by atoms with E-state index in [4.69, 9.17) is 16.6 Å². The number of nitrogens with one attached hydrogen (secondary N) is 1. The van der Waals surface area contributed by atoms with E-state index in [1.165, 1.54) is 6.07 Å². The van der Waals surface area contributed by atoms with E-state index in [9.17, 15) is 8.42 Å². The lowest BCUT2D eigenvalue weighted by Crippen LogP contribution is -2.14. The standard InChI is InChI=1S/C22H17ClN2O2S2/c1-15-10-11-18(23)13-21(15)29(26,27)25-19-9-5-8-17(12-19)20-14-28-22(24-20)16-6-3-2-4-7-16/h2-14,25H,1H3. The van der Waals surface area contributed by atoms with E-state index in [-0.39, 0.29) is 4.90 Å². The van der Waals surface area contributed by atoms with Crippen molar-refractivity contribution in [1.82, 2.24) is 4.98 Å². The summed E-state index contributed by atoms with van der Waals surface area (Å²) in [5.41, 5.74) is 3.79. The van der Waals surface area contributed by atoms with Crippen LogP contribution in [0.1, 0.15) is 5.56 Å². The van der Waals surface area contributed by atoms with Gasteiger partial charge in [0.05, 0.1) is 10.6 Å². The largest absolute Gasteiger partial charge is 0.280 e. The summed E-state index contributed by atoms with van der Waals surface area (Å²) in [6.45, 7) is 1.74. The second-order valence-corrected chi connectivity index (χ2v) is 9.45. The van der Waals surface area contributed by atoms with Crippen molar-refractivity contribution in [2.45, 2.75) is 11.8 Å². The zero-order valence-corrected chi connectivity index (χ0v) is 17.9. The summed E-state index contributed by atoms with van der Waals surface area (Å²) in [5, 5.41) is 3.26. The molecule has 0 aliphatic rings. The minimum Gasteiger partial charge on any atom is -0.280 e. The molecule has 1 heterocycles. The maximum atomic E-state index is 12.8. The van der Waals surface area contributed by atoms with Crippen LogP contribution in [0.3, 0.4) is 0 Å². The quantitative estimate of drug-likeness (QED) is 0.399. The first-order valence-corrected chi connectivity index (χ1v) is 11.6. The Morgan fingerprint density at radius 1 is 0.931 bits per heavy atom. The molecule has 29 heavy (non-hydrogen) atoms. The maximum absolute atomic E-state index is 12.8. The molecule has 1 aromatic heterocycles. The van der Waals surface area contributed by atoms with Crippen molar-refractivity contribution in [3.8, 4) is 21.8 Å². The smallest absolute Gasteiger partial charge is 0.262 e. The average molecular weight is 441 g/mol. The molecule has 0 aliphatic heterocycles. The Labute approximate surface area is 178 Å². The lowest BCUT2D eigenvalue weighted by atomic mass is 10.1. The normalized spacial score (nSPS) is 11.4.